The maximum atomic E-state index is 11.2. The second kappa shape index (κ2) is 4.18. The molecule has 0 saturated heterocycles. The van der Waals surface area contributed by atoms with E-state index in [1.165, 1.54) is 0 Å². The van der Waals surface area contributed by atoms with E-state index in [0.717, 1.165) is 6.26 Å². The Labute approximate surface area is 87.6 Å². The fraction of sp³-hybridized carbons (Fsp3) is 0.750. The molecule has 6 nitrogen and oxygen atoms in total. The van der Waals surface area contributed by atoms with Crippen molar-refractivity contribution in [3.63, 3.8) is 0 Å². The van der Waals surface area contributed by atoms with E-state index in [1.54, 1.807) is 0 Å². The molecule has 0 bridgehead atoms. The predicted octanol–water partition coefficient (Wildman–Crippen LogP) is -1.13. The van der Waals surface area contributed by atoms with E-state index < -0.39 is 27.6 Å². The van der Waals surface area contributed by atoms with Crippen LogP contribution in [-0.4, -0.2) is 44.0 Å². The lowest BCUT2D eigenvalue weighted by Crippen LogP contribution is -2.30. The Morgan fingerprint density at radius 3 is 2.40 bits per heavy atom. The molecule has 2 unspecified atom stereocenters. The first-order valence-corrected chi connectivity index (χ1v) is 6.55. The topological polar surface area (TPSA) is 101 Å². The molecule has 0 aliphatic heterocycles. The van der Waals surface area contributed by atoms with Gasteiger partial charge in [0.2, 0.25) is 5.91 Å². The molecule has 1 amide bonds. The summed E-state index contributed by atoms with van der Waals surface area (Å²) in [6, 6.07) is 0. The summed E-state index contributed by atoms with van der Waals surface area (Å²) in [5.41, 5.74) is 0. The fourth-order valence-electron chi connectivity index (χ4n) is 1.25. The molecule has 1 fully saturated rings. The van der Waals surface area contributed by atoms with Crippen molar-refractivity contribution in [1.82, 2.24) is 5.32 Å². The van der Waals surface area contributed by atoms with Crippen molar-refractivity contribution in [2.45, 2.75) is 6.42 Å². The zero-order valence-corrected chi connectivity index (χ0v) is 9.08. The summed E-state index contributed by atoms with van der Waals surface area (Å²) in [6.45, 7) is 0.0422. The first-order chi connectivity index (χ1) is 6.81. The summed E-state index contributed by atoms with van der Waals surface area (Å²) >= 11 is 0. The molecular formula is C8H13NO5S. The van der Waals surface area contributed by atoms with E-state index in [4.69, 9.17) is 5.11 Å². The van der Waals surface area contributed by atoms with Crippen molar-refractivity contribution >= 4 is 21.7 Å². The highest BCUT2D eigenvalue weighted by Crippen LogP contribution is 2.38. The minimum absolute atomic E-state index is 0.0422. The minimum Gasteiger partial charge on any atom is -0.481 e. The predicted molar refractivity (Wildman–Crippen MR) is 52.0 cm³/mol. The van der Waals surface area contributed by atoms with E-state index in [9.17, 15) is 18.0 Å². The molecule has 0 aromatic carbocycles. The summed E-state index contributed by atoms with van der Waals surface area (Å²) in [7, 11) is -3.09. The largest absolute Gasteiger partial charge is 0.481 e. The van der Waals surface area contributed by atoms with Crippen molar-refractivity contribution in [3.05, 3.63) is 0 Å². The van der Waals surface area contributed by atoms with Gasteiger partial charge in [-0.05, 0) is 6.42 Å². The molecular weight excluding hydrogens is 222 g/mol. The molecule has 1 aliphatic rings. The molecule has 0 heterocycles. The van der Waals surface area contributed by atoms with Gasteiger partial charge >= 0.3 is 5.97 Å². The zero-order chi connectivity index (χ0) is 11.6. The van der Waals surface area contributed by atoms with Crippen LogP contribution in [0.1, 0.15) is 6.42 Å². The Morgan fingerprint density at radius 2 is 2.00 bits per heavy atom. The van der Waals surface area contributed by atoms with E-state index in [0.29, 0.717) is 6.42 Å². The van der Waals surface area contributed by atoms with Crippen LogP contribution in [0.3, 0.4) is 0 Å². The quantitative estimate of drug-likeness (QED) is 0.628. The van der Waals surface area contributed by atoms with Crippen LogP contribution in [0.4, 0.5) is 0 Å². The molecule has 0 aromatic heterocycles. The van der Waals surface area contributed by atoms with Gasteiger partial charge < -0.3 is 10.4 Å². The molecule has 1 rings (SSSR count). The van der Waals surface area contributed by atoms with E-state index in [2.05, 4.69) is 5.32 Å². The second-order valence-electron chi connectivity index (χ2n) is 3.71. The fourth-order valence-corrected chi connectivity index (χ4v) is 1.72. The van der Waals surface area contributed by atoms with Crippen LogP contribution in [-0.2, 0) is 19.4 Å². The number of hydrogen-bond acceptors (Lipinski definition) is 4. The van der Waals surface area contributed by atoms with Gasteiger partial charge in [0.05, 0.1) is 17.6 Å². The first-order valence-electron chi connectivity index (χ1n) is 4.49. The number of carboxylic acid groups (broad SMARTS) is 1. The summed E-state index contributed by atoms with van der Waals surface area (Å²) in [5.74, 6) is -2.54. The lowest BCUT2D eigenvalue weighted by Gasteiger charge is -2.02. The molecule has 1 aliphatic carbocycles. The van der Waals surface area contributed by atoms with E-state index >= 15 is 0 Å². The van der Waals surface area contributed by atoms with E-state index in [-0.39, 0.29) is 18.2 Å². The van der Waals surface area contributed by atoms with Gasteiger partial charge in [0.15, 0.2) is 0 Å². The number of carbonyl (C=O) groups excluding carboxylic acids is 1. The normalized spacial score (nSPS) is 24.6. The average molecular weight is 235 g/mol. The summed E-state index contributed by atoms with van der Waals surface area (Å²) in [5, 5.41) is 11.0. The smallest absolute Gasteiger partial charge is 0.307 e. The van der Waals surface area contributed by atoms with Crippen LogP contribution in [0.15, 0.2) is 0 Å². The van der Waals surface area contributed by atoms with Gasteiger partial charge in [0, 0.05) is 12.8 Å². The first kappa shape index (κ1) is 12.0. The SMILES string of the molecule is CS(=O)(=O)CCNC(=O)C1CC1C(=O)O. The van der Waals surface area contributed by atoms with Crippen molar-refractivity contribution < 1.29 is 23.1 Å². The van der Waals surface area contributed by atoms with Crippen molar-refractivity contribution in [2.24, 2.45) is 11.8 Å². The number of amides is 1. The molecule has 2 atom stereocenters. The minimum atomic E-state index is -3.09. The van der Waals surface area contributed by atoms with Crippen LogP contribution in [0.25, 0.3) is 0 Å². The lowest BCUT2D eigenvalue weighted by molar-refractivity contribution is -0.140. The molecule has 15 heavy (non-hydrogen) atoms. The van der Waals surface area contributed by atoms with Gasteiger partial charge in [-0.3, -0.25) is 9.59 Å². The van der Waals surface area contributed by atoms with Crippen LogP contribution < -0.4 is 5.32 Å². The van der Waals surface area contributed by atoms with Crippen LogP contribution in [0, 0.1) is 11.8 Å². The summed E-state index contributed by atoms with van der Waals surface area (Å²) in [4.78, 5) is 21.7. The Kier molecular flexibility index (Phi) is 3.33. The molecule has 0 spiro atoms. The molecule has 0 aromatic rings. The Balaban J connectivity index is 2.25. The maximum Gasteiger partial charge on any atom is 0.307 e. The van der Waals surface area contributed by atoms with Crippen molar-refractivity contribution in [2.75, 3.05) is 18.6 Å². The number of nitrogens with one attached hydrogen (secondary N) is 1. The maximum absolute atomic E-state index is 11.2. The van der Waals surface area contributed by atoms with Crippen molar-refractivity contribution in [1.29, 1.82) is 0 Å². The summed E-state index contributed by atoms with van der Waals surface area (Å²) < 4.78 is 21.5. The number of aliphatic carboxylic acids is 1. The zero-order valence-electron chi connectivity index (χ0n) is 8.26. The number of rotatable bonds is 5. The number of sulfone groups is 1. The van der Waals surface area contributed by atoms with Gasteiger partial charge in [-0.1, -0.05) is 0 Å². The second-order valence-corrected chi connectivity index (χ2v) is 5.97. The number of carbonyl (C=O) groups is 2. The van der Waals surface area contributed by atoms with Gasteiger partial charge in [-0.25, -0.2) is 8.42 Å². The van der Waals surface area contributed by atoms with Gasteiger partial charge in [0.25, 0.3) is 0 Å². The van der Waals surface area contributed by atoms with Crippen LogP contribution >= 0.6 is 0 Å². The van der Waals surface area contributed by atoms with Crippen LogP contribution in [0.2, 0.25) is 0 Å². The average Bonchev–Trinajstić information content (AvgIpc) is 2.79. The Hall–Kier alpha value is -1.11. The van der Waals surface area contributed by atoms with Gasteiger partial charge in [-0.15, -0.1) is 0 Å². The highest BCUT2D eigenvalue weighted by molar-refractivity contribution is 7.90. The van der Waals surface area contributed by atoms with Gasteiger partial charge in [-0.2, -0.15) is 0 Å². The highest BCUT2D eigenvalue weighted by Gasteiger charge is 2.48. The molecule has 1 saturated carbocycles. The van der Waals surface area contributed by atoms with Gasteiger partial charge in [0.1, 0.15) is 9.84 Å². The standard InChI is InChI=1S/C8H13NO5S/c1-15(13,14)3-2-9-7(10)5-4-6(5)8(11)12/h5-6H,2-4H2,1H3,(H,9,10)(H,11,12). The third-order valence-electron chi connectivity index (χ3n) is 2.22. The monoisotopic (exact) mass is 235 g/mol. The molecule has 2 N–H and O–H groups in total. The lowest BCUT2D eigenvalue weighted by atomic mass is 10.3. The molecule has 0 radical (unpaired) electrons. The van der Waals surface area contributed by atoms with Crippen molar-refractivity contribution in [3.8, 4) is 0 Å². The Bertz CT molecular complexity index is 374. The molecule has 86 valence electrons. The summed E-state index contributed by atoms with van der Waals surface area (Å²) in [6.07, 6.45) is 1.43. The Morgan fingerprint density at radius 1 is 1.40 bits per heavy atom. The van der Waals surface area contributed by atoms with Crippen LogP contribution in [0.5, 0.6) is 0 Å². The third-order valence-corrected chi connectivity index (χ3v) is 3.16. The highest BCUT2D eigenvalue weighted by atomic mass is 32.2. The number of hydrogen-bond donors (Lipinski definition) is 2. The number of carboxylic acids is 1. The molecule has 7 heteroatoms. The third kappa shape index (κ3) is 3.86. The van der Waals surface area contributed by atoms with E-state index in [1.807, 2.05) is 0 Å².